The van der Waals surface area contributed by atoms with Crippen molar-refractivity contribution in [3.8, 4) is 16.9 Å². The number of allylic oxidation sites excluding steroid dienone is 1. The standard InChI is InChI=1S/C22H25F3O3.C2H6/c1-5-13(2)12-28-21-15(4)18(10-14(3)20(21)19(27)11-26)16-6-8-17(9-7-16)22(23,24)25;1-2/h6-10,12,19,26-27H,5,11H2,1-4H3;1-2H3/b13-12+;. The fraction of sp³-hybridized carbons (Fsp3) is 0.417. The summed E-state index contributed by atoms with van der Waals surface area (Å²) in [6.07, 6.45) is -3.14. The molecule has 2 aromatic carbocycles. The quantitative estimate of drug-likeness (QED) is 0.505. The Hall–Kier alpha value is -2.31. The summed E-state index contributed by atoms with van der Waals surface area (Å²) in [4.78, 5) is 0. The highest BCUT2D eigenvalue weighted by Crippen LogP contribution is 2.40. The Labute approximate surface area is 176 Å². The highest BCUT2D eigenvalue weighted by molar-refractivity contribution is 5.73. The Bertz CT molecular complexity index is 853. The minimum Gasteiger partial charge on any atom is -0.464 e. The zero-order valence-corrected chi connectivity index (χ0v) is 18.4. The molecule has 0 fully saturated rings. The van der Waals surface area contributed by atoms with Crippen molar-refractivity contribution in [1.29, 1.82) is 0 Å². The number of aliphatic hydroxyl groups excluding tert-OH is 2. The van der Waals surface area contributed by atoms with Crippen molar-refractivity contribution in [1.82, 2.24) is 0 Å². The van der Waals surface area contributed by atoms with E-state index in [-0.39, 0.29) is 0 Å². The summed E-state index contributed by atoms with van der Waals surface area (Å²) in [7, 11) is 0. The molecule has 0 aliphatic heterocycles. The van der Waals surface area contributed by atoms with Crippen LogP contribution in [0.1, 0.15) is 62.5 Å². The molecule has 0 amide bonds. The molecule has 0 aliphatic carbocycles. The highest BCUT2D eigenvalue weighted by atomic mass is 19.4. The number of benzene rings is 2. The van der Waals surface area contributed by atoms with Gasteiger partial charge in [-0.05, 0) is 67.2 Å². The van der Waals surface area contributed by atoms with Crippen molar-refractivity contribution in [2.24, 2.45) is 0 Å². The van der Waals surface area contributed by atoms with Crippen LogP contribution < -0.4 is 4.74 Å². The number of alkyl halides is 3. The Morgan fingerprint density at radius 2 is 1.70 bits per heavy atom. The van der Waals surface area contributed by atoms with E-state index >= 15 is 0 Å². The van der Waals surface area contributed by atoms with Crippen LogP contribution in [0.4, 0.5) is 13.2 Å². The van der Waals surface area contributed by atoms with Gasteiger partial charge >= 0.3 is 6.18 Å². The van der Waals surface area contributed by atoms with Gasteiger partial charge in [0.2, 0.25) is 0 Å². The molecule has 0 aromatic heterocycles. The monoisotopic (exact) mass is 424 g/mol. The summed E-state index contributed by atoms with van der Waals surface area (Å²) in [6.45, 7) is 11.0. The molecule has 0 saturated carbocycles. The first-order chi connectivity index (χ1) is 14.1. The molecule has 1 unspecified atom stereocenters. The van der Waals surface area contributed by atoms with Crippen LogP contribution in [0.5, 0.6) is 5.75 Å². The van der Waals surface area contributed by atoms with Crippen LogP contribution in [-0.2, 0) is 6.18 Å². The lowest BCUT2D eigenvalue weighted by molar-refractivity contribution is -0.137. The molecular formula is C24H31F3O3. The second kappa shape index (κ2) is 11.2. The van der Waals surface area contributed by atoms with Gasteiger partial charge in [0.25, 0.3) is 0 Å². The molecule has 0 heterocycles. The van der Waals surface area contributed by atoms with Crippen molar-refractivity contribution in [3.63, 3.8) is 0 Å². The average molecular weight is 425 g/mol. The van der Waals surface area contributed by atoms with Crippen molar-refractivity contribution in [2.75, 3.05) is 6.61 Å². The zero-order chi connectivity index (χ0) is 23.1. The molecule has 0 radical (unpaired) electrons. The third-order valence-corrected chi connectivity index (χ3v) is 4.74. The summed E-state index contributed by atoms with van der Waals surface area (Å²) in [5, 5.41) is 19.7. The third kappa shape index (κ3) is 6.09. The van der Waals surface area contributed by atoms with Crippen molar-refractivity contribution >= 4 is 0 Å². The summed E-state index contributed by atoms with van der Waals surface area (Å²) in [6, 6.07) is 6.72. The summed E-state index contributed by atoms with van der Waals surface area (Å²) >= 11 is 0. The number of hydrogen-bond donors (Lipinski definition) is 2. The van der Waals surface area contributed by atoms with Gasteiger partial charge in [-0.25, -0.2) is 0 Å². The van der Waals surface area contributed by atoms with E-state index in [1.54, 1.807) is 26.2 Å². The van der Waals surface area contributed by atoms with Crippen LogP contribution in [0.25, 0.3) is 11.1 Å². The molecule has 2 aromatic rings. The summed E-state index contributed by atoms with van der Waals surface area (Å²) in [5.74, 6) is 0.407. The first kappa shape index (κ1) is 25.7. The molecule has 0 spiro atoms. The molecular weight excluding hydrogens is 393 g/mol. The molecule has 0 aliphatic rings. The van der Waals surface area contributed by atoms with Gasteiger partial charge in [0.15, 0.2) is 0 Å². The molecule has 30 heavy (non-hydrogen) atoms. The molecule has 0 saturated heterocycles. The van der Waals surface area contributed by atoms with Crippen LogP contribution in [0.2, 0.25) is 0 Å². The zero-order valence-electron chi connectivity index (χ0n) is 18.4. The van der Waals surface area contributed by atoms with Crippen molar-refractivity contribution in [2.45, 2.75) is 60.2 Å². The third-order valence-electron chi connectivity index (χ3n) is 4.74. The van der Waals surface area contributed by atoms with Gasteiger partial charge in [0, 0.05) is 5.56 Å². The fourth-order valence-corrected chi connectivity index (χ4v) is 2.94. The predicted molar refractivity (Wildman–Crippen MR) is 114 cm³/mol. The highest BCUT2D eigenvalue weighted by Gasteiger charge is 2.30. The van der Waals surface area contributed by atoms with Crippen LogP contribution in [0, 0.1) is 13.8 Å². The Morgan fingerprint density at radius 1 is 1.13 bits per heavy atom. The topological polar surface area (TPSA) is 49.7 Å². The molecule has 1 atom stereocenters. The molecule has 166 valence electrons. The lowest BCUT2D eigenvalue weighted by Gasteiger charge is -2.21. The number of aliphatic hydroxyl groups is 2. The van der Waals surface area contributed by atoms with Crippen molar-refractivity contribution in [3.05, 3.63) is 64.4 Å². The minimum atomic E-state index is -4.39. The van der Waals surface area contributed by atoms with E-state index in [0.29, 0.717) is 33.6 Å². The van der Waals surface area contributed by atoms with E-state index in [4.69, 9.17) is 4.74 Å². The number of rotatable bonds is 6. The summed E-state index contributed by atoms with van der Waals surface area (Å²) < 4.78 is 44.4. The van der Waals surface area contributed by atoms with Crippen molar-refractivity contribution < 1.29 is 28.1 Å². The van der Waals surface area contributed by atoms with Crippen LogP contribution in [-0.4, -0.2) is 16.8 Å². The van der Waals surface area contributed by atoms with Gasteiger partial charge in [-0.15, -0.1) is 0 Å². The first-order valence-corrected chi connectivity index (χ1v) is 10.0. The normalized spacial score (nSPS) is 12.8. The van der Waals surface area contributed by atoms with E-state index in [0.717, 1.165) is 24.1 Å². The largest absolute Gasteiger partial charge is 0.464 e. The molecule has 2 N–H and O–H groups in total. The molecule has 6 heteroatoms. The molecule has 2 rings (SSSR count). The maximum atomic E-state index is 12.8. The number of hydrogen-bond acceptors (Lipinski definition) is 3. The Morgan fingerprint density at radius 3 is 2.17 bits per heavy atom. The fourth-order valence-electron chi connectivity index (χ4n) is 2.94. The average Bonchev–Trinajstić information content (AvgIpc) is 2.74. The SMILES string of the molecule is CC.CC/C(C)=C/Oc1c(C)c(-c2ccc(C(F)(F)F)cc2)cc(C)c1C(O)CO. The summed E-state index contributed by atoms with van der Waals surface area (Å²) in [5.41, 5.74) is 3.41. The minimum absolute atomic E-state index is 0.407. The van der Waals surface area contributed by atoms with Gasteiger partial charge in [-0.3, -0.25) is 0 Å². The van der Waals surface area contributed by atoms with Gasteiger partial charge in [0.05, 0.1) is 18.4 Å². The van der Waals surface area contributed by atoms with E-state index in [9.17, 15) is 23.4 Å². The number of aryl methyl sites for hydroxylation is 1. The van der Waals surface area contributed by atoms with Gasteiger partial charge in [-0.2, -0.15) is 13.2 Å². The lowest BCUT2D eigenvalue weighted by Crippen LogP contribution is -2.09. The first-order valence-electron chi connectivity index (χ1n) is 10.0. The van der Waals surface area contributed by atoms with E-state index in [1.165, 1.54) is 12.1 Å². The maximum absolute atomic E-state index is 12.8. The lowest BCUT2D eigenvalue weighted by atomic mass is 9.91. The van der Waals surface area contributed by atoms with Crippen LogP contribution >= 0.6 is 0 Å². The van der Waals surface area contributed by atoms with E-state index in [2.05, 4.69) is 0 Å². The Balaban J connectivity index is 0.00000218. The van der Waals surface area contributed by atoms with Crippen LogP contribution in [0.15, 0.2) is 42.2 Å². The van der Waals surface area contributed by atoms with E-state index < -0.39 is 24.5 Å². The number of halogens is 3. The van der Waals surface area contributed by atoms with Gasteiger partial charge < -0.3 is 14.9 Å². The molecule has 0 bridgehead atoms. The maximum Gasteiger partial charge on any atom is 0.416 e. The Kier molecular flexibility index (Phi) is 9.59. The smallest absolute Gasteiger partial charge is 0.416 e. The number of ether oxygens (including phenoxy) is 1. The van der Waals surface area contributed by atoms with Gasteiger partial charge in [-0.1, -0.05) is 39.0 Å². The molecule has 3 nitrogen and oxygen atoms in total. The van der Waals surface area contributed by atoms with E-state index in [1.807, 2.05) is 27.7 Å². The van der Waals surface area contributed by atoms with Gasteiger partial charge in [0.1, 0.15) is 11.9 Å². The second-order valence-corrected chi connectivity index (χ2v) is 6.82. The van der Waals surface area contributed by atoms with Crippen LogP contribution in [0.3, 0.4) is 0 Å². The second-order valence-electron chi connectivity index (χ2n) is 6.82. The predicted octanol–water partition coefficient (Wildman–Crippen LogP) is 6.73.